The van der Waals surface area contributed by atoms with Crippen molar-refractivity contribution in [2.24, 2.45) is 0 Å². The maximum absolute atomic E-state index is 12.5. The largest absolute Gasteiger partial charge is 0.310 e. The molecular weight excluding hydrogens is 423 g/mol. The van der Waals surface area contributed by atoms with Crippen LogP contribution in [0.15, 0.2) is 30.3 Å². The number of hydrogen-bond acceptors (Lipinski definition) is 5. The number of rotatable bonds is 2. The summed E-state index contributed by atoms with van der Waals surface area (Å²) in [6.45, 7) is 1.94. The molecule has 0 fully saturated rings. The van der Waals surface area contributed by atoms with Gasteiger partial charge >= 0.3 is 0 Å². The molecule has 0 saturated carbocycles. The molecule has 3 aromatic heterocycles. The van der Waals surface area contributed by atoms with Gasteiger partial charge in [0.25, 0.3) is 0 Å². The van der Waals surface area contributed by atoms with Crippen molar-refractivity contribution in [3.8, 4) is 5.13 Å². The molecule has 1 atom stereocenters. The molecular formula is C18H12Cl2N4OS2. The first-order valence-electron chi connectivity index (χ1n) is 8.21. The van der Waals surface area contributed by atoms with Crippen molar-refractivity contribution in [2.45, 2.75) is 19.3 Å². The summed E-state index contributed by atoms with van der Waals surface area (Å²) in [6, 6.07) is 9.65. The molecule has 0 bridgehead atoms. The summed E-state index contributed by atoms with van der Waals surface area (Å²) in [7, 11) is 0. The zero-order valence-corrected chi connectivity index (χ0v) is 17.1. The molecule has 1 aliphatic rings. The number of carbonyl (C=O) groups excluding carboxylic acids is 1. The highest BCUT2D eigenvalue weighted by molar-refractivity contribution is 7.20. The van der Waals surface area contributed by atoms with Crippen LogP contribution in [0.5, 0.6) is 0 Å². The number of aryl methyl sites for hydroxylation is 1. The molecule has 1 aliphatic heterocycles. The quantitative estimate of drug-likeness (QED) is 0.444. The van der Waals surface area contributed by atoms with Gasteiger partial charge in [0, 0.05) is 22.8 Å². The van der Waals surface area contributed by atoms with Crippen LogP contribution in [0.1, 0.15) is 28.5 Å². The van der Waals surface area contributed by atoms with E-state index in [-0.39, 0.29) is 11.8 Å². The second-order valence-electron chi connectivity index (χ2n) is 6.29. The number of aromatic nitrogens is 3. The summed E-state index contributed by atoms with van der Waals surface area (Å²) in [5.74, 6) is 0.422. The molecule has 4 aromatic rings. The van der Waals surface area contributed by atoms with Crippen molar-refractivity contribution in [3.05, 3.63) is 55.8 Å². The third-order valence-electron chi connectivity index (χ3n) is 4.57. The Morgan fingerprint density at radius 2 is 2.07 bits per heavy atom. The number of nitrogens with zero attached hydrogens (tertiary/aromatic N) is 3. The van der Waals surface area contributed by atoms with Crippen LogP contribution in [0.3, 0.4) is 0 Å². The molecule has 0 spiro atoms. The molecule has 0 unspecified atom stereocenters. The lowest BCUT2D eigenvalue weighted by atomic mass is 9.91. The highest BCUT2D eigenvalue weighted by atomic mass is 35.5. The lowest BCUT2D eigenvalue weighted by molar-refractivity contribution is -0.116. The van der Waals surface area contributed by atoms with E-state index < -0.39 is 0 Å². The summed E-state index contributed by atoms with van der Waals surface area (Å²) < 4.78 is 3.41. The summed E-state index contributed by atoms with van der Waals surface area (Å²) in [5, 5.41) is 8.96. The average molecular weight is 435 g/mol. The Bertz CT molecular complexity index is 1180. The van der Waals surface area contributed by atoms with Gasteiger partial charge in [-0.3, -0.25) is 4.79 Å². The highest BCUT2D eigenvalue weighted by Gasteiger charge is 2.35. The molecule has 0 radical (unpaired) electrons. The van der Waals surface area contributed by atoms with Crippen molar-refractivity contribution in [1.82, 2.24) is 14.8 Å². The average Bonchev–Trinajstić information content (AvgIpc) is 3.29. The zero-order valence-electron chi connectivity index (χ0n) is 14.0. The Hall–Kier alpha value is -1.93. The zero-order chi connectivity index (χ0) is 18.7. The van der Waals surface area contributed by atoms with Crippen molar-refractivity contribution >= 4 is 67.8 Å². The van der Waals surface area contributed by atoms with Crippen LogP contribution in [0.4, 0.5) is 5.82 Å². The first kappa shape index (κ1) is 17.2. The van der Waals surface area contributed by atoms with E-state index in [0.29, 0.717) is 21.6 Å². The van der Waals surface area contributed by atoms with Crippen molar-refractivity contribution in [3.63, 3.8) is 0 Å². The first-order valence-corrected chi connectivity index (χ1v) is 10.6. The minimum atomic E-state index is -0.165. The van der Waals surface area contributed by atoms with E-state index in [4.69, 9.17) is 23.2 Å². The molecule has 1 aromatic carbocycles. The van der Waals surface area contributed by atoms with E-state index in [9.17, 15) is 4.79 Å². The summed E-state index contributed by atoms with van der Waals surface area (Å²) in [4.78, 5) is 18.0. The Labute approximate surface area is 172 Å². The third-order valence-corrected chi connectivity index (χ3v) is 7.38. The molecule has 5 rings (SSSR count). The Kier molecular flexibility index (Phi) is 4.01. The van der Waals surface area contributed by atoms with Gasteiger partial charge in [-0.05, 0) is 25.1 Å². The lowest BCUT2D eigenvalue weighted by Gasteiger charge is -2.23. The molecule has 1 amide bonds. The van der Waals surface area contributed by atoms with Crippen LogP contribution in [-0.2, 0) is 4.79 Å². The Balaban J connectivity index is 1.70. The topological polar surface area (TPSA) is 59.8 Å². The van der Waals surface area contributed by atoms with E-state index in [1.165, 1.54) is 22.7 Å². The van der Waals surface area contributed by atoms with Crippen LogP contribution in [0.2, 0.25) is 9.36 Å². The second kappa shape index (κ2) is 6.31. The van der Waals surface area contributed by atoms with Gasteiger partial charge in [0.15, 0.2) is 0 Å². The van der Waals surface area contributed by atoms with E-state index in [2.05, 4.69) is 15.4 Å². The number of halogens is 2. The van der Waals surface area contributed by atoms with Crippen LogP contribution in [0, 0.1) is 6.92 Å². The van der Waals surface area contributed by atoms with Gasteiger partial charge in [-0.15, -0.1) is 11.3 Å². The highest BCUT2D eigenvalue weighted by Crippen LogP contribution is 2.46. The van der Waals surface area contributed by atoms with Crippen LogP contribution < -0.4 is 5.32 Å². The van der Waals surface area contributed by atoms with Gasteiger partial charge < -0.3 is 5.32 Å². The SMILES string of the molecule is Cc1nn(-c2nc3ccccc3s2)c2c1[C@H](c1sc(Cl)cc1Cl)CC(=O)N2. The van der Waals surface area contributed by atoms with Gasteiger partial charge in [0.05, 0.1) is 25.3 Å². The fourth-order valence-electron chi connectivity index (χ4n) is 3.45. The van der Waals surface area contributed by atoms with E-state index in [1.807, 2.05) is 31.2 Å². The third kappa shape index (κ3) is 2.77. The van der Waals surface area contributed by atoms with Crippen molar-refractivity contribution < 1.29 is 4.79 Å². The van der Waals surface area contributed by atoms with Gasteiger partial charge in [-0.2, -0.15) is 9.78 Å². The number of thiazole rings is 1. The molecule has 0 saturated heterocycles. The predicted molar refractivity (Wildman–Crippen MR) is 111 cm³/mol. The summed E-state index contributed by atoms with van der Waals surface area (Å²) in [6.07, 6.45) is 0.315. The van der Waals surface area contributed by atoms with Crippen LogP contribution in [0.25, 0.3) is 15.3 Å². The smallest absolute Gasteiger partial charge is 0.226 e. The monoisotopic (exact) mass is 434 g/mol. The Morgan fingerprint density at radius 1 is 1.26 bits per heavy atom. The van der Waals surface area contributed by atoms with E-state index in [0.717, 1.165) is 31.5 Å². The molecule has 5 nitrogen and oxygen atoms in total. The van der Waals surface area contributed by atoms with Gasteiger partial charge in [-0.1, -0.05) is 46.7 Å². The molecule has 1 N–H and O–H groups in total. The van der Waals surface area contributed by atoms with Crippen LogP contribution in [-0.4, -0.2) is 20.7 Å². The number of hydrogen-bond donors (Lipinski definition) is 1. The predicted octanol–water partition coefficient (Wildman–Crippen LogP) is 5.63. The van der Waals surface area contributed by atoms with Gasteiger partial charge in [0.1, 0.15) is 5.82 Å². The number of fused-ring (bicyclic) bond motifs is 2. The fourth-order valence-corrected chi connectivity index (χ4v) is 6.10. The van der Waals surface area contributed by atoms with Gasteiger partial charge in [0.2, 0.25) is 11.0 Å². The fraction of sp³-hybridized carbons (Fsp3) is 0.167. The standard InChI is InChI=1S/C18H12Cl2N4OS2/c1-8-15-9(16-10(19)7-13(20)27-16)6-14(25)22-17(15)24(23-8)18-21-11-4-2-3-5-12(11)26-18/h2-5,7,9H,6H2,1H3,(H,22,25)/t9-/m1/s1. The minimum Gasteiger partial charge on any atom is -0.310 e. The maximum atomic E-state index is 12.5. The minimum absolute atomic E-state index is 0.0737. The molecule has 0 aliphatic carbocycles. The second-order valence-corrected chi connectivity index (χ2v) is 9.42. The van der Waals surface area contributed by atoms with Crippen molar-refractivity contribution in [1.29, 1.82) is 0 Å². The number of anilines is 1. The van der Waals surface area contributed by atoms with Crippen molar-refractivity contribution in [2.75, 3.05) is 5.32 Å². The van der Waals surface area contributed by atoms with Gasteiger partial charge in [-0.25, -0.2) is 4.98 Å². The van der Waals surface area contributed by atoms with Crippen LogP contribution >= 0.6 is 45.9 Å². The summed E-state index contributed by atoms with van der Waals surface area (Å²) in [5.41, 5.74) is 2.72. The number of para-hydroxylation sites is 1. The number of carbonyl (C=O) groups is 1. The lowest BCUT2D eigenvalue weighted by Crippen LogP contribution is -2.24. The molecule has 27 heavy (non-hydrogen) atoms. The molecule has 4 heterocycles. The number of amides is 1. The molecule has 136 valence electrons. The number of thiophene rings is 1. The normalized spacial score (nSPS) is 16.6. The number of benzene rings is 1. The first-order chi connectivity index (χ1) is 13.0. The maximum Gasteiger partial charge on any atom is 0.226 e. The van der Waals surface area contributed by atoms with E-state index in [1.54, 1.807) is 10.7 Å². The molecule has 9 heteroatoms. The summed E-state index contributed by atoms with van der Waals surface area (Å²) >= 11 is 15.5. The van der Waals surface area contributed by atoms with E-state index >= 15 is 0 Å². The number of nitrogens with one attached hydrogen (secondary N) is 1. The Morgan fingerprint density at radius 3 is 2.81 bits per heavy atom.